The largest absolute Gasteiger partial charge is 0.354 e. The molecule has 44 heavy (non-hydrogen) atoms. The second-order valence-electron chi connectivity index (χ2n) is 10.5. The first-order valence-electron chi connectivity index (χ1n) is 14.6. The van der Waals surface area contributed by atoms with Crippen LogP contribution in [0.25, 0.3) is 0 Å². The number of aryl methyl sites for hydroxylation is 1. The van der Waals surface area contributed by atoms with Crippen LogP contribution in [0.5, 0.6) is 0 Å². The fourth-order valence-electron chi connectivity index (χ4n) is 4.81. The topological polar surface area (TPSA) is 86.8 Å². The third-order valence-electron chi connectivity index (χ3n) is 7.26. The van der Waals surface area contributed by atoms with Crippen LogP contribution in [0.4, 0.5) is 5.69 Å². The third-order valence-corrected chi connectivity index (χ3v) is 9.80. The Hall–Kier alpha value is -4.08. The maximum atomic E-state index is 14.4. The van der Waals surface area contributed by atoms with Crippen LogP contribution >= 0.6 is 11.8 Å². The SMILES string of the molecule is CCCNC(=O)[C@H](Cc1ccccc1)N(Cc1ccccc1)C(=O)CN(c1ccc(C)cc1)S(=O)(=O)c1ccc(SC)cc1. The Bertz CT molecular complexity index is 1610. The molecule has 4 aromatic carbocycles. The van der Waals surface area contributed by atoms with Crippen molar-refractivity contribution in [2.24, 2.45) is 0 Å². The van der Waals surface area contributed by atoms with Gasteiger partial charge < -0.3 is 10.2 Å². The van der Waals surface area contributed by atoms with Gasteiger partial charge in [0.15, 0.2) is 0 Å². The van der Waals surface area contributed by atoms with E-state index in [1.165, 1.54) is 16.7 Å². The van der Waals surface area contributed by atoms with E-state index >= 15 is 0 Å². The van der Waals surface area contributed by atoms with E-state index in [1.807, 2.05) is 92.9 Å². The van der Waals surface area contributed by atoms with Gasteiger partial charge in [0.25, 0.3) is 10.0 Å². The maximum Gasteiger partial charge on any atom is 0.264 e. The molecule has 0 unspecified atom stereocenters. The number of carbonyl (C=O) groups is 2. The van der Waals surface area contributed by atoms with Crippen LogP contribution in [-0.2, 0) is 32.6 Å². The molecular weight excluding hydrogens is 591 g/mol. The Morgan fingerprint density at radius 1 is 0.818 bits per heavy atom. The highest BCUT2D eigenvalue weighted by atomic mass is 32.2. The first kappa shape index (κ1) is 32.8. The van der Waals surface area contributed by atoms with Crippen LogP contribution in [0.3, 0.4) is 0 Å². The van der Waals surface area contributed by atoms with E-state index in [0.29, 0.717) is 12.2 Å². The summed E-state index contributed by atoms with van der Waals surface area (Å²) in [4.78, 5) is 30.6. The molecule has 0 aromatic heterocycles. The molecule has 0 saturated carbocycles. The predicted molar refractivity (Wildman–Crippen MR) is 178 cm³/mol. The lowest BCUT2D eigenvalue weighted by Crippen LogP contribution is -2.53. The van der Waals surface area contributed by atoms with Crippen molar-refractivity contribution in [2.45, 2.75) is 49.1 Å². The van der Waals surface area contributed by atoms with Gasteiger partial charge in [0, 0.05) is 24.4 Å². The van der Waals surface area contributed by atoms with E-state index in [9.17, 15) is 18.0 Å². The number of hydrogen-bond acceptors (Lipinski definition) is 5. The van der Waals surface area contributed by atoms with Gasteiger partial charge in [-0.05, 0) is 67.1 Å². The molecule has 0 saturated heterocycles. The van der Waals surface area contributed by atoms with Gasteiger partial charge in [-0.3, -0.25) is 13.9 Å². The summed E-state index contributed by atoms with van der Waals surface area (Å²) in [5.74, 6) is -0.760. The molecule has 0 bridgehead atoms. The van der Waals surface area contributed by atoms with Gasteiger partial charge in [0.1, 0.15) is 12.6 Å². The van der Waals surface area contributed by atoms with E-state index in [0.717, 1.165) is 32.3 Å². The molecule has 7 nitrogen and oxygen atoms in total. The number of carbonyl (C=O) groups excluding carboxylic acids is 2. The number of nitrogens with zero attached hydrogens (tertiary/aromatic N) is 2. The molecular formula is C35H39N3O4S2. The number of benzene rings is 4. The highest BCUT2D eigenvalue weighted by Crippen LogP contribution is 2.27. The standard InChI is InChI=1S/C35H39N3O4S2/c1-4-23-36-35(40)33(24-28-11-7-5-8-12-28)37(25-29-13-9-6-10-14-29)34(39)26-38(30-17-15-27(2)16-18-30)44(41,42)32-21-19-31(43-3)20-22-32/h5-22,33H,4,23-26H2,1-3H3,(H,36,40)/t33-/m0/s1. The zero-order valence-electron chi connectivity index (χ0n) is 25.3. The average molecular weight is 630 g/mol. The van der Waals surface area contributed by atoms with Crippen LogP contribution in [0.1, 0.15) is 30.0 Å². The summed E-state index contributed by atoms with van der Waals surface area (Å²) >= 11 is 1.51. The minimum atomic E-state index is -4.14. The monoisotopic (exact) mass is 629 g/mol. The first-order valence-corrected chi connectivity index (χ1v) is 17.3. The Balaban J connectivity index is 1.77. The van der Waals surface area contributed by atoms with E-state index in [1.54, 1.807) is 36.4 Å². The summed E-state index contributed by atoms with van der Waals surface area (Å²) in [6, 6.07) is 31.8. The number of nitrogens with one attached hydrogen (secondary N) is 1. The van der Waals surface area contributed by atoms with Gasteiger partial charge in [-0.25, -0.2) is 8.42 Å². The van der Waals surface area contributed by atoms with Crippen molar-refractivity contribution in [3.63, 3.8) is 0 Å². The van der Waals surface area contributed by atoms with Crippen molar-refractivity contribution in [3.8, 4) is 0 Å². The van der Waals surface area contributed by atoms with Crippen molar-refractivity contribution in [3.05, 3.63) is 126 Å². The Morgan fingerprint density at radius 3 is 1.98 bits per heavy atom. The van der Waals surface area contributed by atoms with E-state index in [4.69, 9.17) is 0 Å². The van der Waals surface area contributed by atoms with Gasteiger partial charge in [0.05, 0.1) is 10.6 Å². The summed E-state index contributed by atoms with van der Waals surface area (Å²) in [6.07, 6.45) is 2.94. The zero-order chi connectivity index (χ0) is 31.5. The van der Waals surface area contributed by atoms with Gasteiger partial charge in [-0.15, -0.1) is 11.8 Å². The lowest BCUT2D eigenvalue weighted by Gasteiger charge is -2.34. The number of sulfonamides is 1. The van der Waals surface area contributed by atoms with E-state index in [-0.39, 0.29) is 23.8 Å². The first-order chi connectivity index (χ1) is 21.2. The van der Waals surface area contributed by atoms with E-state index < -0.39 is 28.5 Å². The summed E-state index contributed by atoms with van der Waals surface area (Å²) in [6.45, 7) is 4.01. The van der Waals surface area contributed by atoms with Gasteiger partial charge in [-0.2, -0.15) is 0 Å². The third kappa shape index (κ3) is 8.51. The number of hydrogen-bond donors (Lipinski definition) is 1. The quantitative estimate of drug-likeness (QED) is 0.171. The Kier molecular flexibility index (Phi) is 11.6. The maximum absolute atomic E-state index is 14.4. The molecule has 4 rings (SSSR count). The van der Waals surface area contributed by atoms with Gasteiger partial charge in [-0.1, -0.05) is 85.3 Å². The number of amides is 2. The lowest BCUT2D eigenvalue weighted by molar-refractivity contribution is -0.140. The summed E-state index contributed by atoms with van der Waals surface area (Å²) in [5, 5.41) is 2.97. The fraction of sp³-hybridized carbons (Fsp3) is 0.257. The fourth-order valence-corrected chi connectivity index (χ4v) is 6.64. The molecule has 9 heteroatoms. The van der Waals surface area contributed by atoms with Crippen LogP contribution in [0, 0.1) is 6.92 Å². The second-order valence-corrected chi connectivity index (χ2v) is 13.3. The van der Waals surface area contributed by atoms with Crippen molar-refractivity contribution < 1.29 is 18.0 Å². The van der Waals surface area contributed by atoms with Crippen molar-refractivity contribution >= 4 is 39.3 Å². The second kappa shape index (κ2) is 15.6. The number of rotatable bonds is 14. The Morgan fingerprint density at radius 2 is 1.41 bits per heavy atom. The lowest BCUT2D eigenvalue weighted by atomic mass is 10.0. The molecule has 0 aliphatic heterocycles. The molecule has 0 fully saturated rings. The molecule has 0 aliphatic rings. The van der Waals surface area contributed by atoms with Crippen LogP contribution in [0.2, 0.25) is 0 Å². The molecule has 1 atom stereocenters. The predicted octanol–water partition coefficient (Wildman–Crippen LogP) is 6.08. The zero-order valence-corrected chi connectivity index (χ0v) is 27.0. The van der Waals surface area contributed by atoms with Crippen LogP contribution in [-0.4, -0.2) is 50.5 Å². The molecule has 4 aromatic rings. The van der Waals surface area contributed by atoms with E-state index in [2.05, 4.69) is 5.32 Å². The molecule has 2 amide bonds. The highest BCUT2D eigenvalue weighted by Gasteiger charge is 2.34. The highest BCUT2D eigenvalue weighted by molar-refractivity contribution is 7.98. The molecule has 0 heterocycles. The average Bonchev–Trinajstić information content (AvgIpc) is 3.05. The molecule has 230 valence electrons. The summed E-state index contributed by atoms with van der Waals surface area (Å²) < 4.78 is 29.4. The summed E-state index contributed by atoms with van der Waals surface area (Å²) in [7, 11) is -4.14. The van der Waals surface area contributed by atoms with Gasteiger partial charge in [0.2, 0.25) is 11.8 Å². The van der Waals surface area contributed by atoms with Gasteiger partial charge >= 0.3 is 0 Å². The van der Waals surface area contributed by atoms with Crippen molar-refractivity contribution in [1.82, 2.24) is 10.2 Å². The summed E-state index contributed by atoms with van der Waals surface area (Å²) in [5.41, 5.74) is 3.06. The Labute approximate surface area is 265 Å². The van der Waals surface area contributed by atoms with Crippen molar-refractivity contribution in [2.75, 3.05) is 23.7 Å². The van der Waals surface area contributed by atoms with Crippen LogP contribution < -0.4 is 9.62 Å². The van der Waals surface area contributed by atoms with Crippen LogP contribution in [0.15, 0.2) is 119 Å². The molecule has 0 aliphatic carbocycles. The normalized spacial score (nSPS) is 11.9. The number of anilines is 1. The molecule has 0 spiro atoms. The number of thioether (sulfide) groups is 1. The molecule has 1 N–H and O–H groups in total. The minimum absolute atomic E-state index is 0.0832. The smallest absolute Gasteiger partial charge is 0.264 e. The molecule has 0 radical (unpaired) electrons. The minimum Gasteiger partial charge on any atom is -0.354 e. The van der Waals surface area contributed by atoms with Crippen molar-refractivity contribution in [1.29, 1.82) is 0 Å².